The summed E-state index contributed by atoms with van der Waals surface area (Å²) in [5.74, 6) is 0. The summed E-state index contributed by atoms with van der Waals surface area (Å²) in [6.07, 6.45) is 0.823. The average molecular weight is 217 g/mol. The molecule has 2 aromatic rings. The monoisotopic (exact) mass is 217 g/mol. The van der Waals surface area contributed by atoms with Crippen LogP contribution in [0.3, 0.4) is 0 Å². The van der Waals surface area contributed by atoms with E-state index in [9.17, 15) is 0 Å². The number of benzene rings is 1. The molecule has 0 radical (unpaired) electrons. The van der Waals surface area contributed by atoms with E-state index in [-0.39, 0.29) is 5.05 Å². The van der Waals surface area contributed by atoms with Gasteiger partial charge in [-0.2, -0.15) is 0 Å². The predicted octanol–water partition coefficient (Wildman–Crippen LogP) is 2.84. The first-order chi connectivity index (χ1) is 7.25. The van der Waals surface area contributed by atoms with E-state index in [1.807, 2.05) is 24.3 Å². The van der Waals surface area contributed by atoms with Gasteiger partial charge in [-0.1, -0.05) is 30.3 Å². The van der Waals surface area contributed by atoms with Crippen molar-refractivity contribution in [3.8, 4) is 0 Å². The number of rotatable bonds is 3. The normalized spacial score (nSPS) is 10.1. The molecule has 0 spiro atoms. The van der Waals surface area contributed by atoms with Crippen molar-refractivity contribution >= 4 is 17.3 Å². The summed E-state index contributed by atoms with van der Waals surface area (Å²) in [7, 11) is 0. The van der Waals surface area contributed by atoms with Crippen molar-refractivity contribution in [2.45, 2.75) is 6.42 Å². The summed E-state index contributed by atoms with van der Waals surface area (Å²) in [5, 5.41) is 9.01. The third-order valence-electron chi connectivity index (χ3n) is 2.21. The van der Waals surface area contributed by atoms with Gasteiger partial charge in [-0.15, -0.1) is 0 Å². The molecule has 2 N–H and O–H groups in total. The fraction of sp³-hybridized carbons (Fsp3) is 0.0833. The molecule has 0 bridgehead atoms. The molecule has 76 valence electrons. The highest BCUT2D eigenvalue weighted by Gasteiger charge is 2.02. The second kappa shape index (κ2) is 4.28. The Labute approximate surface area is 93.6 Å². The first-order valence-electron chi connectivity index (χ1n) is 4.71. The molecule has 2 rings (SSSR count). The highest BCUT2D eigenvalue weighted by Crippen LogP contribution is 2.09. The molecular weight excluding hydrogens is 206 g/mol. The molecule has 2 nitrogen and oxygen atoms in total. The van der Waals surface area contributed by atoms with Crippen molar-refractivity contribution in [1.29, 1.82) is 0 Å². The molecule has 0 saturated heterocycles. The summed E-state index contributed by atoms with van der Waals surface area (Å²) >= 11 is 4.66. The summed E-state index contributed by atoms with van der Waals surface area (Å²) in [6.45, 7) is 0. The molecule has 0 aliphatic rings. The Balaban J connectivity index is 2.15. The van der Waals surface area contributed by atoms with Gasteiger partial charge in [-0.25, -0.2) is 0 Å². The zero-order valence-electron chi connectivity index (χ0n) is 8.10. The van der Waals surface area contributed by atoms with E-state index in [0.717, 1.165) is 12.1 Å². The molecule has 0 saturated carbocycles. The van der Waals surface area contributed by atoms with Gasteiger partial charge < -0.3 is 10.1 Å². The van der Waals surface area contributed by atoms with E-state index in [2.05, 4.69) is 29.3 Å². The number of hydrogen-bond donors (Lipinski definition) is 2. The van der Waals surface area contributed by atoms with Crippen LogP contribution in [-0.2, 0) is 6.42 Å². The second-order valence-corrected chi connectivity index (χ2v) is 3.75. The Morgan fingerprint density at radius 3 is 2.47 bits per heavy atom. The number of aliphatic hydroxyl groups is 1. The first-order valence-corrected chi connectivity index (χ1v) is 5.11. The van der Waals surface area contributed by atoms with Gasteiger partial charge in [0.05, 0.1) is 5.69 Å². The van der Waals surface area contributed by atoms with E-state index in [0.29, 0.717) is 5.69 Å². The highest BCUT2D eigenvalue weighted by atomic mass is 32.1. The van der Waals surface area contributed by atoms with Crippen molar-refractivity contribution in [1.82, 2.24) is 4.98 Å². The summed E-state index contributed by atoms with van der Waals surface area (Å²) in [6, 6.07) is 13.9. The van der Waals surface area contributed by atoms with E-state index in [1.165, 1.54) is 5.56 Å². The summed E-state index contributed by atoms with van der Waals surface area (Å²) in [4.78, 5) is 3.07. The molecule has 1 heterocycles. The van der Waals surface area contributed by atoms with Gasteiger partial charge in [-0.05, 0) is 29.9 Å². The lowest BCUT2D eigenvalue weighted by Gasteiger charge is -1.98. The number of thiocarbonyl (C=S) groups is 1. The van der Waals surface area contributed by atoms with Gasteiger partial charge in [0, 0.05) is 12.1 Å². The minimum absolute atomic E-state index is 0.0886. The number of hydrogen-bond acceptors (Lipinski definition) is 1. The Hall–Kier alpha value is -1.61. The largest absolute Gasteiger partial charge is 0.497 e. The Morgan fingerprint density at radius 1 is 1.13 bits per heavy atom. The van der Waals surface area contributed by atoms with E-state index < -0.39 is 0 Å². The van der Waals surface area contributed by atoms with Crippen LogP contribution >= 0.6 is 12.2 Å². The molecule has 1 aromatic heterocycles. The lowest BCUT2D eigenvalue weighted by atomic mass is 10.1. The van der Waals surface area contributed by atoms with Crippen LogP contribution in [0.2, 0.25) is 0 Å². The van der Waals surface area contributed by atoms with Crippen LogP contribution < -0.4 is 0 Å². The molecule has 0 amide bonds. The van der Waals surface area contributed by atoms with Gasteiger partial charge in [0.15, 0.2) is 0 Å². The molecule has 0 aliphatic carbocycles. The average Bonchev–Trinajstić information content (AvgIpc) is 2.68. The Bertz CT molecular complexity index is 461. The van der Waals surface area contributed by atoms with Crippen LogP contribution in [0, 0.1) is 0 Å². The fourth-order valence-corrected chi connectivity index (χ4v) is 1.60. The number of nitrogens with one attached hydrogen (secondary N) is 1. The van der Waals surface area contributed by atoms with Gasteiger partial charge in [0.25, 0.3) is 0 Å². The smallest absolute Gasteiger partial charge is 0.205 e. The molecular formula is C12H11NOS. The van der Waals surface area contributed by atoms with Gasteiger partial charge in [0.1, 0.15) is 0 Å². The standard InChI is InChI=1S/C12H11NOS/c14-12(15)11-7-6-10(13-11)8-9-4-2-1-3-5-9/h1-7,13H,8H2,(H,14,15). The quantitative estimate of drug-likeness (QED) is 0.775. The topological polar surface area (TPSA) is 36.0 Å². The lowest BCUT2D eigenvalue weighted by Crippen LogP contribution is -1.95. The van der Waals surface area contributed by atoms with Crippen LogP contribution in [0.5, 0.6) is 0 Å². The van der Waals surface area contributed by atoms with Crippen LogP contribution in [0.4, 0.5) is 0 Å². The highest BCUT2D eigenvalue weighted by molar-refractivity contribution is 7.80. The third-order valence-corrected chi connectivity index (χ3v) is 2.43. The molecule has 0 fully saturated rings. The molecule has 0 atom stereocenters. The molecule has 1 aromatic carbocycles. The van der Waals surface area contributed by atoms with Crippen molar-refractivity contribution < 1.29 is 5.11 Å². The molecule has 0 unspecified atom stereocenters. The zero-order valence-corrected chi connectivity index (χ0v) is 8.92. The van der Waals surface area contributed by atoms with Crippen molar-refractivity contribution in [2.75, 3.05) is 0 Å². The minimum atomic E-state index is -0.0886. The Kier molecular flexibility index (Phi) is 2.83. The van der Waals surface area contributed by atoms with E-state index in [4.69, 9.17) is 5.11 Å². The minimum Gasteiger partial charge on any atom is -0.497 e. The van der Waals surface area contributed by atoms with Crippen molar-refractivity contribution in [2.24, 2.45) is 0 Å². The van der Waals surface area contributed by atoms with Crippen LogP contribution in [0.1, 0.15) is 17.0 Å². The first kappa shape index (κ1) is 9.93. The summed E-state index contributed by atoms with van der Waals surface area (Å²) < 4.78 is 0. The number of aliphatic hydroxyl groups excluding tert-OH is 1. The van der Waals surface area contributed by atoms with Crippen molar-refractivity contribution in [3.63, 3.8) is 0 Å². The predicted molar refractivity (Wildman–Crippen MR) is 64.4 cm³/mol. The van der Waals surface area contributed by atoms with Crippen LogP contribution in [0.25, 0.3) is 0 Å². The lowest BCUT2D eigenvalue weighted by molar-refractivity contribution is 0.568. The van der Waals surface area contributed by atoms with Crippen LogP contribution in [-0.4, -0.2) is 15.1 Å². The van der Waals surface area contributed by atoms with Gasteiger partial charge in [0.2, 0.25) is 5.05 Å². The molecule has 3 heteroatoms. The molecule has 0 aliphatic heterocycles. The summed E-state index contributed by atoms with van der Waals surface area (Å²) in [5.41, 5.74) is 2.89. The van der Waals surface area contributed by atoms with Crippen molar-refractivity contribution in [3.05, 3.63) is 59.4 Å². The second-order valence-electron chi connectivity index (χ2n) is 3.36. The SMILES string of the molecule is OC(=S)c1ccc(Cc2ccccc2)[nH]1. The number of aromatic nitrogens is 1. The van der Waals surface area contributed by atoms with E-state index >= 15 is 0 Å². The zero-order chi connectivity index (χ0) is 10.7. The molecule has 15 heavy (non-hydrogen) atoms. The van der Waals surface area contributed by atoms with Crippen LogP contribution in [0.15, 0.2) is 42.5 Å². The maximum Gasteiger partial charge on any atom is 0.205 e. The van der Waals surface area contributed by atoms with Gasteiger partial charge >= 0.3 is 0 Å². The number of H-pyrrole nitrogens is 1. The fourth-order valence-electron chi connectivity index (χ4n) is 1.48. The maximum atomic E-state index is 9.10. The number of aromatic amines is 1. The van der Waals surface area contributed by atoms with E-state index in [1.54, 1.807) is 6.07 Å². The third kappa shape index (κ3) is 2.44. The van der Waals surface area contributed by atoms with Gasteiger partial charge in [-0.3, -0.25) is 0 Å². The maximum absolute atomic E-state index is 9.10. The Morgan fingerprint density at radius 2 is 1.87 bits per heavy atom.